The highest BCUT2D eigenvalue weighted by Gasteiger charge is 2.22. The number of hydrazone groups is 1. The Bertz CT molecular complexity index is 407. The molecule has 0 aliphatic carbocycles. The Balaban J connectivity index is 2.00. The summed E-state index contributed by atoms with van der Waals surface area (Å²) in [6, 6.07) is 8.31. The van der Waals surface area contributed by atoms with E-state index < -0.39 is 0 Å². The summed E-state index contributed by atoms with van der Waals surface area (Å²) in [6.45, 7) is 1.75. The zero-order valence-electron chi connectivity index (χ0n) is 11.0. The van der Waals surface area contributed by atoms with Gasteiger partial charge in [-0.3, -0.25) is 5.01 Å². The zero-order chi connectivity index (χ0) is 12.8. The topological polar surface area (TPSA) is 34.1 Å². The molecular formula is C14H20N2O2. The van der Waals surface area contributed by atoms with Crippen LogP contribution in [0, 0.1) is 0 Å². The summed E-state index contributed by atoms with van der Waals surface area (Å²) < 4.78 is 10.4. The summed E-state index contributed by atoms with van der Waals surface area (Å²) in [5.41, 5.74) is 1.05. The molecule has 1 fully saturated rings. The van der Waals surface area contributed by atoms with Gasteiger partial charge in [0.1, 0.15) is 5.75 Å². The normalized spacial score (nSPS) is 19.7. The van der Waals surface area contributed by atoms with Crippen LogP contribution in [0.25, 0.3) is 0 Å². The van der Waals surface area contributed by atoms with E-state index in [1.807, 2.05) is 30.5 Å². The van der Waals surface area contributed by atoms with Gasteiger partial charge in [-0.25, -0.2) is 0 Å². The van der Waals surface area contributed by atoms with Gasteiger partial charge in [0.25, 0.3) is 0 Å². The summed E-state index contributed by atoms with van der Waals surface area (Å²) in [7, 11) is 3.41. The largest absolute Gasteiger partial charge is 0.497 e. The van der Waals surface area contributed by atoms with Gasteiger partial charge in [-0.05, 0) is 30.5 Å². The fraction of sp³-hybridized carbons (Fsp3) is 0.500. The summed E-state index contributed by atoms with van der Waals surface area (Å²) in [5, 5.41) is 6.66. The van der Waals surface area contributed by atoms with Gasteiger partial charge in [-0.1, -0.05) is 12.1 Å². The summed E-state index contributed by atoms with van der Waals surface area (Å²) >= 11 is 0. The second-order valence-corrected chi connectivity index (χ2v) is 4.44. The molecule has 0 unspecified atom stereocenters. The van der Waals surface area contributed by atoms with E-state index in [0.29, 0.717) is 6.04 Å². The van der Waals surface area contributed by atoms with E-state index in [9.17, 15) is 0 Å². The van der Waals surface area contributed by atoms with Crippen molar-refractivity contribution in [2.24, 2.45) is 5.10 Å². The van der Waals surface area contributed by atoms with Gasteiger partial charge in [0.15, 0.2) is 0 Å². The minimum atomic E-state index is 0.414. The number of ether oxygens (including phenoxy) is 2. The van der Waals surface area contributed by atoms with Crippen molar-refractivity contribution in [2.45, 2.75) is 18.9 Å². The molecule has 0 amide bonds. The zero-order valence-corrected chi connectivity index (χ0v) is 11.0. The molecule has 2 rings (SSSR count). The molecule has 1 atom stereocenters. The molecule has 1 aromatic carbocycles. The highest BCUT2D eigenvalue weighted by molar-refractivity contribution is 5.79. The average Bonchev–Trinajstić information content (AvgIpc) is 2.85. The second kappa shape index (κ2) is 6.40. The van der Waals surface area contributed by atoms with Gasteiger partial charge < -0.3 is 9.47 Å². The molecule has 4 heteroatoms. The molecule has 0 radical (unpaired) electrons. The summed E-state index contributed by atoms with van der Waals surface area (Å²) in [5.74, 6) is 0.855. The van der Waals surface area contributed by atoms with Gasteiger partial charge in [-0.2, -0.15) is 5.10 Å². The van der Waals surface area contributed by atoms with Crippen LogP contribution >= 0.6 is 0 Å². The first-order chi connectivity index (χ1) is 8.83. The monoisotopic (exact) mass is 248 g/mol. The molecular weight excluding hydrogens is 228 g/mol. The summed E-state index contributed by atoms with van der Waals surface area (Å²) in [4.78, 5) is 0. The Hall–Kier alpha value is -1.55. The van der Waals surface area contributed by atoms with Crippen molar-refractivity contribution < 1.29 is 9.47 Å². The predicted molar refractivity (Wildman–Crippen MR) is 72.2 cm³/mol. The lowest BCUT2D eigenvalue weighted by molar-refractivity contribution is 0.118. The van der Waals surface area contributed by atoms with E-state index in [-0.39, 0.29) is 0 Å². The van der Waals surface area contributed by atoms with Crippen molar-refractivity contribution in [3.8, 4) is 5.75 Å². The molecule has 0 spiro atoms. The first-order valence-corrected chi connectivity index (χ1v) is 6.27. The Morgan fingerprint density at radius 1 is 1.44 bits per heavy atom. The quantitative estimate of drug-likeness (QED) is 0.749. The van der Waals surface area contributed by atoms with Crippen molar-refractivity contribution in [3.63, 3.8) is 0 Å². The first kappa shape index (κ1) is 12.9. The highest BCUT2D eigenvalue weighted by Crippen LogP contribution is 2.18. The van der Waals surface area contributed by atoms with Crippen LogP contribution in [-0.2, 0) is 4.74 Å². The van der Waals surface area contributed by atoms with E-state index in [1.54, 1.807) is 14.2 Å². The molecule has 1 saturated heterocycles. The van der Waals surface area contributed by atoms with Crippen LogP contribution in [0.2, 0.25) is 0 Å². The SMILES string of the molecule is COC[C@@H]1CCCN1/N=C\c1cccc(OC)c1. The fourth-order valence-electron chi connectivity index (χ4n) is 2.20. The number of benzene rings is 1. The highest BCUT2D eigenvalue weighted by atomic mass is 16.5. The third kappa shape index (κ3) is 3.23. The maximum Gasteiger partial charge on any atom is 0.119 e. The molecule has 1 aromatic rings. The Labute approximate surface area is 108 Å². The Kier molecular flexibility index (Phi) is 4.59. The lowest BCUT2D eigenvalue weighted by Gasteiger charge is -2.20. The lowest BCUT2D eigenvalue weighted by Crippen LogP contribution is -2.28. The van der Waals surface area contributed by atoms with E-state index in [0.717, 1.165) is 30.9 Å². The van der Waals surface area contributed by atoms with E-state index in [4.69, 9.17) is 9.47 Å². The first-order valence-electron chi connectivity index (χ1n) is 6.27. The molecule has 0 saturated carbocycles. The van der Waals surface area contributed by atoms with Crippen LogP contribution in [0.3, 0.4) is 0 Å². The molecule has 4 nitrogen and oxygen atoms in total. The van der Waals surface area contributed by atoms with Gasteiger partial charge in [-0.15, -0.1) is 0 Å². The van der Waals surface area contributed by atoms with Crippen molar-refractivity contribution in [1.82, 2.24) is 5.01 Å². The summed E-state index contributed by atoms with van der Waals surface area (Å²) in [6.07, 6.45) is 4.23. The maximum absolute atomic E-state index is 5.21. The maximum atomic E-state index is 5.21. The minimum absolute atomic E-state index is 0.414. The molecule has 98 valence electrons. The molecule has 0 bridgehead atoms. The van der Waals surface area contributed by atoms with Gasteiger partial charge in [0.05, 0.1) is 26.0 Å². The predicted octanol–water partition coefficient (Wildman–Crippen LogP) is 2.14. The fourth-order valence-corrected chi connectivity index (χ4v) is 2.20. The van der Waals surface area contributed by atoms with Crippen LogP contribution in [0.1, 0.15) is 18.4 Å². The van der Waals surface area contributed by atoms with Crippen molar-refractivity contribution >= 4 is 6.21 Å². The molecule has 0 aromatic heterocycles. The van der Waals surface area contributed by atoms with E-state index in [2.05, 4.69) is 10.1 Å². The lowest BCUT2D eigenvalue weighted by atomic mass is 10.2. The smallest absolute Gasteiger partial charge is 0.119 e. The number of hydrogen-bond donors (Lipinski definition) is 0. The number of nitrogens with zero attached hydrogens (tertiary/aromatic N) is 2. The number of hydrogen-bond acceptors (Lipinski definition) is 4. The van der Waals surface area contributed by atoms with Crippen molar-refractivity contribution in [3.05, 3.63) is 29.8 Å². The molecule has 1 aliphatic heterocycles. The Morgan fingerprint density at radius 3 is 3.11 bits per heavy atom. The van der Waals surface area contributed by atoms with Crippen LogP contribution in [0.5, 0.6) is 5.75 Å². The number of rotatable bonds is 5. The van der Waals surface area contributed by atoms with Gasteiger partial charge in [0, 0.05) is 13.7 Å². The third-order valence-electron chi connectivity index (χ3n) is 3.15. The average molecular weight is 248 g/mol. The second-order valence-electron chi connectivity index (χ2n) is 4.44. The van der Waals surface area contributed by atoms with Crippen LogP contribution in [0.4, 0.5) is 0 Å². The van der Waals surface area contributed by atoms with E-state index in [1.165, 1.54) is 6.42 Å². The van der Waals surface area contributed by atoms with Gasteiger partial charge >= 0.3 is 0 Å². The molecule has 1 aliphatic rings. The van der Waals surface area contributed by atoms with E-state index >= 15 is 0 Å². The van der Waals surface area contributed by atoms with Crippen molar-refractivity contribution in [1.29, 1.82) is 0 Å². The molecule has 1 heterocycles. The number of methoxy groups -OCH3 is 2. The van der Waals surface area contributed by atoms with Crippen LogP contribution < -0.4 is 4.74 Å². The van der Waals surface area contributed by atoms with Crippen molar-refractivity contribution in [2.75, 3.05) is 27.4 Å². The Morgan fingerprint density at radius 2 is 2.33 bits per heavy atom. The molecule has 18 heavy (non-hydrogen) atoms. The van der Waals surface area contributed by atoms with Gasteiger partial charge in [0.2, 0.25) is 0 Å². The third-order valence-corrected chi connectivity index (χ3v) is 3.15. The van der Waals surface area contributed by atoms with Crippen LogP contribution in [0.15, 0.2) is 29.4 Å². The minimum Gasteiger partial charge on any atom is -0.497 e. The standard InChI is InChI=1S/C14H20N2O2/c1-17-11-13-6-4-8-16(13)15-10-12-5-3-7-14(9-12)18-2/h3,5,7,9-10,13H,4,6,8,11H2,1-2H3/b15-10-/t13-/m0/s1. The van der Waals surface area contributed by atoms with Crippen LogP contribution in [-0.4, -0.2) is 44.6 Å². The molecule has 0 N–H and O–H groups in total.